The average molecular weight is 249 g/mol. The number of carboxylic acids is 1. The second-order valence-electron chi connectivity index (χ2n) is 4.42. The predicted molar refractivity (Wildman–Crippen MR) is 56.2 cm³/mol. The molecule has 0 aromatic heterocycles. The van der Waals surface area contributed by atoms with Gasteiger partial charge in [0.15, 0.2) is 0 Å². The summed E-state index contributed by atoms with van der Waals surface area (Å²) in [6, 6.07) is -1.30. The van der Waals surface area contributed by atoms with Crippen LogP contribution in [0.5, 0.6) is 0 Å². The Balaban J connectivity index is 2.95. The van der Waals surface area contributed by atoms with Crippen LogP contribution in [-0.2, 0) is 4.79 Å². The van der Waals surface area contributed by atoms with Gasteiger partial charge in [-0.3, -0.25) is 4.79 Å². The average Bonchev–Trinajstić information content (AvgIpc) is 2.15. The number of halogens is 3. The highest BCUT2D eigenvalue weighted by atomic mass is 19.4. The molecule has 0 saturated heterocycles. The van der Waals surface area contributed by atoms with E-state index in [0.717, 1.165) is 6.08 Å². The molecule has 0 fully saturated rings. The van der Waals surface area contributed by atoms with Crippen LogP contribution in [0.25, 0.3) is 0 Å². The SMILES string of the molecule is CC1(CC(N)C(=O)O)C=CC=CC1C(F)(F)F. The third-order valence-corrected chi connectivity index (χ3v) is 2.93. The lowest BCUT2D eigenvalue weighted by atomic mass is 9.70. The molecule has 0 bridgehead atoms. The number of rotatable bonds is 3. The van der Waals surface area contributed by atoms with Gasteiger partial charge in [0.25, 0.3) is 0 Å². The summed E-state index contributed by atoms with van der Waals surface area (Å²) in [5, 5.41) is 8.67. The van der Waals surface area contributed by atoms with Crippen LogP contribution >= 0.6 is 0 Å². The zero-order valence-corrected chi connectivity index (χ0v) is 9.24. The summed E-state index contributed by atoms with van der Waals surface area (Å²) < 4.78 is 38.4. The molecule has 0 amide bonds. The molecular formula is C11H14F3NO2. The predicted octanol–water partition coefficient (Wildman–Crippen LogP) is 2.10. The van der Waals surface area contributed by atoms with Crippen molar-refractivity contribution in [2.75, 3.05) is 0 Å². The third-order valence-electron chi connectivity index (χ3n) is 2.93. The Morgan fingerprint density at radius 3 is 2.59 bits per heavy atom. The minimum absolute atomic E-state index is 0.257. The molecule has 0 radical (unpaired) electrons. The standard InChI is InChI=1S/C11H14F3NO2/c1-10(6-7(15)9(16)17)5-3-2-4-8(10)11(12,13)14/h2-5,7-8H,6,15H2,1H3,(H,16,17). The molecular weight excluding hydrogens is 235 g/mol. The Labute approximate surface area is 96.8 Å². The normalized spacial score (nSPS) is 30.3. The number of alkyl halides is 3. The lowest BCUT2D eigenvalue weighted by Gasteiger charge is -2.37. The molecule has 3 unspecified atom stereocenters. The van der Waals surface area contributed by atoms with Crippen LogP contribution in [0.4, 0.5) is 13.2 Å². The number of carboxylic acid groups (broad SMARTS) is 1. The first-order valence-corrected chi connectivity index (χ1v) is 5.08. The summed E-state index contributed by atoms with van der Waals surface area (Å²) in [4.78, 5) is 10.6. The van der Waals surface area contributed by atoms with Crippen molar-refractivity contribution in [3.8, 4) is 0 Å². The quantitative estimate of drug-likeness (QED) is 0.805. The van der Waals surface area contributed by atoms with E-state index in [1.54, 1.807) is 0 Å². The lowest BCUT2D eigenvalue weighted by molar-refractivity contribution is -0.185. The first-order chi connectivity index (χ1) is 7.67. The lowest BCUT2D eigenvalue weighted by Crippen LogP contribution is -2.43. The summed E-state index contributed by atoms with van der Waals surface area (Å²) in [5.74, 6) is -3.00. The molecule has 17 heavy (non-hydrogen) atoms. The van der Waals surface area contributed by atoms with Crippen molar-refractivity contribution >= 4 is 5.97 Å². The molecule has 0 heterocycles. The van der Waals surface area contributed by atoms with Gasteiger partial charge in [-0.25, -0.2) is 0 Å². The molecule has 96 valence electrons. The Bertz CT molecular complexity index is 362. The number of nitrogens with two attached hydrogens (primary N) is 1. The molecule has 0 saturated carbocycles. The molecule has 0 spiro atoms. The Kier molecular flexibility index (Phi) is 3.66. The molecule has 3 nitrogen and oxygen atoms in total. The van der Waals surface area contributed by atoms with Crippen LogP contribution in [-0.4, -0.2) is 23.3 Å². The minimum atomic E-state index is -4.41. The summed E-state index contributed by atoms with van der Waals surface area (Å²) in [6.07, 6.45) is 0.535. The summed E-state index contributed by atoms with van der Waals surface area (Å²) in [6.45, 7) is 1.37. The molecule has 0 aromatic carbocycles. The van der Waals surface area contributed by atoms with Crippen molar-refractivity contribution in [1.82, 2.24) is 0 Å². The van der Waals surface area contributed by atoms with Gasteiger partial charge in [-0.1, -0.05) is 31.2 Å². The molecule has 6 heteroatoms. The number of hydrogen-bond acceptors (Lipinski definition) is 2. The van der Waals surface area contributed by atoms with E-state index < -0.39 is 29.5 Å². The van der Waals surface area contributed by atoms with Gasteiger partial charge in [-0.2, -0.15) is 13.2 Å². The zero-order chi connectivity index (χ0) is 13.3. The summed E-state index contributed by atoms with van der Waals surface area (Å²) in [5.41, 5.74) is 4.00. The molecule has 3 atom stereocenters. The monoisotopic (exact) mass is 249 g/mol. The summed E-state index contributed by atoms with van der Waals surface area (Å²) in [7, 11) is 0. The summed E-state index contributed by atoms with van der Waals surface area (Å²) >= 11 is 0. The fraction of sp³-hybridized carbons (Fsp3) is 0.545. The van der Waals surface area contributed by atoms with Crippen LogP contribution in [0.2, 0.25) is 0 Å². The van der Waals surface area contributed by atoms with E-state index in [4.69, 9.17) is 10.8 Å². The Morgan fingerprint density at radius 1 is 1.53 bits per heavy atom. The number of aliphatic carboxylic acids is 1. The molecule has 1 rings (SSSR count). The van der Waals surface area contributed by atoms with Crippen molar-refractivity contribution in [3.05, 3.63) is 24.3 Å². The Morgan fingerprint density at radius 2 is 2.12 bits per heavy atom. The third kappa shape index (κ3) is 3.09. The largest absolute Gasteiger partial charge is 0.480 e. The molecule has 1 aliphatic carbocycles. The minimum Gasteiger partial charge on any atom is -0.480 e. The van der Waals surface area contributed by atoms with E-state index in [0.29, 0.717) is 0 Å². The number of allylic oxidation sites excluding steroid dienone is 4. The molecule has 3 N–H and O–H groups in total. The van der Waals surface area contributed by atoms with E-state index in [9.17, 15) is 18.0 Å². The maximum Gasteiger partial charge on any atom is 0.395 e. The van der Waals surface area contributed by atoms with Gasteiger partial charge in [0.05, 0.1) is 5.92 Å². The van der Waals surface area contributed by atoms with Crippen LogP contribution in [0.3, 0.4) is 0 Å². The smallest absolute Gasteiger partial charge is 0.395 e. The molecule has 1 aliphatic rings. The van der Waals surface area contributed by atoms with Crippen molar-refractivity contribution < 1.29 is 23.1 Å². The van der Waals surface area contributed by atoms with Crippen molar-refractivity contribution in [1.29, 1.82) is 0 Å². The van der Waals surface area contributed by atoms with Crippen LogP contribution in [0.15, 0.2) is 24.3 Å². The highest BCUT2D eigenvalue weighted by molar-refractivity contribution is 5.73. The van der Waals surface area contributed by atoms with Crippen LogP contribution in [0, 0.1) is 11.3 Å². The van der Waals surface area contributed by atoms with Gasteiger partial charge >= 0.3 is 12.1 Å². The topological polar surface area (TPSA) is 63.3 Å². The highest BCUT2D eigenvalue weighted by Gasteiger charge is 2.49. The second kappa shape index (κ2) is 4.52. The van der Waals surface area contributed by atoms with Gasteiger partial charge in [0.1, 0.15) is 6.04 Å². The maximum absolute atomic E-state index is 12.8. The first kappa shape index (κ1) is 13.8. The maximum atomic E-state index is 12.8. The zero-order valence-electron chi connectivity index (χ0n) is 9.24. The number of hydrogen-bond donors (Lipinski definition) is 2. The first-order valence-electron chi connectivity index (χ1n) is 5.08. The van der Waals surface area contributed by atoms with E-state index in [1.807, 2.05) is 0 Å². The molecule has 0 aliphatic heterocycles. The number of carbonyl (C=O) groups is 1. The fourth-order valence-corrected chi connectivity index (χ4v) is 2.01. The van der Waals surface area contributed by atoms with Crippen molar-refractivity contribution in [3.63, 3.8) is 0 Å². The van der Waals surface area contributed by atoms with Gasteiger partial charge in [0.2, 0.25) is 0 Å². The van der Waals surface area contributed by atoms with E-state index >= 15 is 0 Å². The Hall–Kier alpha value is -1.30. The van der Waals surface area contributed by atoms with E-state index in [1.165, 1.54) is 25.2 Å². The second-order valence-corrected chi connectivity index (χ2v) is 4.42. The van der Waals surface area contributed by atoms with Crippen LogP contribution < -0.4 is 5.73 Å². The van der Waals surface area contributed by atoms with Gasteiger partial charge in [-0.15, -0.1) is 0 Å². The molecule has 0 aromatic rings. The van der Waals surface area contributed by atoms with Crippen molar-refractivity contribution in [2.24, 2.45) is 17.1 Å². The van der Waals surface area contributed by atoms with Gasteiger partial charge in [0, 0.05) is 5.41 Å². The highest BCUT2D eigenvalue weighted by Crippen LogP contribution is 2.46. The fourth-order valence-electron chi connectivity index (χ4n) is 2.01. The van der Waals surface area contributed by atoms with E-state index in [2.05, 4.69) is 0 Å². The van der Waals surface area contributed by atoms with Gasteiger partial charge in [-0.05, 0) is 6.42 Å². The van der Waals surface area contributed by atoms with Gasteiger partial charge < -0.3 is 10.8 Å². The van der Waals surface area contributed by atoms with Crippen LogP contribution in [0.1, 0.15) is 13.3 Å². The van der Waals surface area contributed by atoms with E-state index in [-0.39, 0.29) is 6.42 Å². The van der Waals surface area contributed by atoms with Crippen molar-refractivity contribution in [2.45, 2.75) is 25.6 Å².